The van der Waals surface area contributed by atoms with Gasteiger partial charge in [0.2, 0.25) is 5.95 Å². The molecule has 0 amide bonds. The molecule has 3 aromatic rings. The van der Waals surface area contributed by atoms with Gasteiger partial charge in [-0.3, -0.25) is 4.79 Å². The van der Waals surface area contributed by atoms with Crippen LogP contribution >= 0.6 is 11.3 Å². The summed E-state index contributed by atoms with van der Waals surface area (Å²) in [6.07, 6.45) is -2.44. The fourth-order valence-corrected chi connectivity index (χ4v) is 5.12. The molecule has 12 heteroatoms. The number of thiazole rings is 1. The molecule has 0 radical (unpaired) electrons. The van der Waals surface area contributed by atoms with Gasteiger partial charge in [-0.2, -0.15) is 13.2 Å². The van der Waals surface area contributed by atoms with Crippen molar-refractivity contribution in [1.82, 2.24) is 15.0 Å². The largest absolute Gasteiger partial charge is 0.481 e. The van der Waals surface area contributed by atoms with E-state index >= 15 is 0 Å². The molecule has 0 aliphatic heterocycles. The number of aliphatic hydroxyl groups is 2. The van der Waals surface area contributed by atoms with Crippen LogP contribution in [0.2, 0.25) is 0 Å². The average Bonchev–Trinajstić information content (AvgIpc) is 3.28. The number of carboxylic acids is 1. The molecule has 1 aliphatic carbocycles. The highest BCUT2D eigenvalue weighted by molar-refractivity contribution is 7.15. The molecule has 1 unspecified atom stereocenters. The fraction of sp³-hybridized carbons (Fsp3) is 0.391. The lowest BCUT2D eigenvalue weighted by atomic mass is 9.76. The summed E-state index contributed by atoms with van der Waals surface area (Å²) in [6, 6.07) is 6.08. The van der Waals surface area contributed by atoms with Crippen LogP contribution in [0.1, 0.15) is 48.1 Å². The minimum absolute atomic E-state index is 0.148. The Labute approximate surface area is 202 Å². The van der Waals surface area contributed by atoms with E-state index in [9.17, 15) is 28.2 Å². The van der Waals surface area contributed by atoms with Crippen molar-refractivity contribution >= 4 is 28.9 Å². The van der Waals surface area contributed by atoms with E-state index in [1.54, 1.807) is 18.3 Å². The number of halogens is 3. The Morgan fingerprint density at radius 2 is 1.94 bits per heavy atom. The number of nitrogens with zero attached hydrogens (tertiary/aromatic N) is 3. The number of hydrogen-bond acceptors (Lipinski definition) is 8. The third-order valence-corrected chi connectivity index (χ3v) is 7.13. The SMILES string of the molecule is Cc1cc(Nc2nccc(C(F)(F)F)n2)cc(-c2cnc(C(O)C3(O)CCC(C(=O)O)CC3)s2)c1. The maximum Gasteiger partial charge on any atom is 0.433 e. The van der Waals surface area contributed by atoms with E-state index in [1.807, 2.05) is 13.0 Å². The molecule has 8 nitrogen and oxygen atoms in total. The number of aliphatic hydroxyl groups excluding tert-OH is 1. The second-order valence-corrected chi connectivity index (χ2v) is 9.72. The summed E-state index contributed by atoms with van der Waals surface area (Å²) in [6.45, 7) is 1.82. The first-order valence-electron chi connectivity index (χ1n) is 10.8. The fourth-order valence-electron chi connectivity index (χ4n) is 4.12. The van der Waals surface area contributed by atoms with E-state index < -0.39 is 35.5 Å². The predicted molar refractivity (Wildman–Crippen MR) is 122 cm³/mol. The van der Waals surface area contributed by atoms with Crippen molar-refractivity contribution in [1.29, 1.82) is 0 Å². The summed E-state index contributed by atoms with van der Waals surface area (Å²) < 4.78 is 38.9. The van der Waals surface area contributed by atoms with Gasteiger partial charge in [-0.1, -0.05) is 6.07 Å². The van der Waals surface area contributed by atoms with E-state index in [-0.39, 0.29) is 31.6 Å². The second kappa shape index (κ2) is 9.51. The molecule has 186 valence electrons. The van der Waals surface area contributed by atoms with Crippen molar-refractivity contribution in [3.63, 3.8) is 0 Å². The topological polar surface area (TPSA) is 128 Å². The zero-order chi connectivity index (χ0) is 25.4. The summed E-state index contributed by atoms with van der Waals surface area (Å²) in [7, 11) is 0. The Hall–Kier alpha value is -3.09. The van der Waals surface area contributed by atoms with Crippen molar-refractivity contribution in [2.45, 2.75) is 50.5 Å². The van der Waals surface area contributed by atoms with Crippen LogP contribution in [0.5, 0.6) is 0 Å². The second-order valence-electron chi connectivity index (χ2n) is 8.66. The molecule has 1 atom stereocenters. The Morgan fingerprint density at radius 1 is 1.23 bits per heavy atom. The molecule has 35 heavy (non-hydrogen) atoms. The maximum absolute atomic E-state index is 13.0. The Morgan fingerprint density at radius 3 is 2.60 bits per heavy atom. The number of rotatable bonds is 6. The summed E-state index contributed by atoms with van der Waals surface area (Å²) in [4.78, 5) is 23.5. The monoisotopic (exact) mass is 508 g/mol. The van der Waals surface area contributed by atoms with E-state index in [2.05, 4.69) is 20.3 Å². The number of benzene rings is 1. The highest BCUT2D eigenvalue weighted by Gasteiger charge is 2.43. The number of anilines is 2. The van der Waals surface area contributed by atoms with Crippen LogP contribution in [0.25, 0.3) is 10.4 Å². The van der Waals surface area contributed by atoms with Crippen LogP contribution in [0.15, 0.2) is 36.7 Å². The van der Waals surface area contributed by atoms with Gasteiger partial charge in [0.25, 0.3) is 0 Å². The van der Waals surface area contributed by atoms with Gasteiger partial charge >= 0.3 is 12.1 Å². The highest BCUT2D eigenvalue weighted by atomic mass is 32.1. The number of nitrogens with one attached hydrogen (secondary N) is 1. The van der Waals surface area contributed by atoms with Crippen LogP contribution in [0, 0.1) is 12.8 Å². The number of carbonyl (C=O) groups is 1. The van der Waals surface area contributed by atoms with E-state index in [4.69, 9.17) is 5.11 Å². The zero-order valence-electron chi connectivity index (χ0n) is 18.6. The molecule has 0 bridgehead atoms. The third-order valence-electron chi connectivity index (χ3n) is 6.03. The maximum atomic E-state index is 13.0. The number of alkyl halides is 3. The van der Waals surface area contributed by atoms with Crippen LogP contribution < -0.4 is 5.32 Å². The summed E-state index contributed by atoms with van der Waals surface area (Å²) in [5.41, 5.74) is -0.517. The number of carboxylic acid groups (broad SMARTS) is 1. The molecule has 4 N–H and O–H groups in total. The summed E-state index contributed by atoms with van der Waals surface area (Å²) >= 11 is 1.18. The molecular weight excluding hydrogens is 485 g/mol. The first-order chi connectivity index (χ1) is 16.4. The lowest BCUT2D eigenvalue weighted by molar-refractivity contribution is -0.149. The van der Waals surface area contributed by atoms with Crippen molar-refractivity contribution < 1.29 is 33.3 Å². The van der Waals surface area contributed by atoms with Crippen molar-refractivity contribution in [3.8, 4) is 10.4 Å². The van der Waals surface area contributed by atoms with Gasteiger partial charge < -0.3 is 20.6 Å². The smallest absolute Gasteiger partial charge is 0.433 e. The molecule has 0 spiro atoms. The van der Waals surface area contributed by atoms with Crippen molar-refractivity contribution in [3.05, 3.63) is 52.9 Å². The van der Waals surface area contributed by atoms with Gasteiger partial charge in [-0.15, -0.1) is 11.3 Å². The van der Waals surface area contributed by atoms with Crippen LogP contribution in [-0.4, -0.2) is 41.8 Å². The highest BCUT2D eigenvalue weighted by Crippen LogP contribution is 2.43. The number of hydrogen-bond donors (Lipinski definition) is 4. The van der Waals surface area contributed by atoms with E-state index in [0.29, 0.717) is 21.1 Å². The standard InChI is InChI=1S/C23H23F3N4O4S/c1-12-8-14(10-15(9-12)29-21-27-7-4-17(30-21)23(24,25)26)16-11-28-19(35-16)18(31)22(34)5-2-13(3-6-22)20(32)33/h4,7-11,13,18,31,34H,2-3,5-6H2,1H3,(H,32,33)(H,27,29,30). The normalized spacial score (nSPS) is 21.5. The molecule has 1 fully saturated rings. The van der Waals surface area contributed by atoms with Gasteiger partial charge in [0, 0.05) is 18.1 Å². The zero-order valence-corrected chi connectivity index (χ0v) is 19.4. The van der Waals surface area contributed by atoms with Gasteiger partial charge in [-0.25, -0.2) is 15.0 Å². The lowest BCUT2D eigenvalue weighted by Gasteiger charge is -2.37. The van der Waals surface area contributed by atoms with Gasteiger partial charge in [0.05, 0.1) is 16.4 Å². The van der Waals surface area contributed by atoms with E-state index in [0.717, 1.165) is 17.8 Å². The minimum atomic E-state index is -4.59. The van der Waals surface area contributed by atoms with Crippen LogP contribution in [0.4, 0.5) is 24.8 Å². The van der Waals surface area contributed by atoms with Gasteiger partial charge in [-0.05, 0) is 61.9 Å². The first kappa shape index (κ1) is 25.0. The summed E-state index contributed by atoms with van der Waals surface area (Å²) in [5.74, 6) is -1.64. The minimum Gasteiger partial charge on any atom is -0.481 e. The van der Waals surface area contributed by atoms with Gasteiger partial charge in [0.15, 0.2) is 0 Å². The molecule has 1 aliphatic rings. The third kappa shape index (κ3) is 5.60. The molecule has 1 saturated carbocycles. The number of aromatic nitrogens is 3. The Bertz CT molecular complexity index is 1230. The summed E-state index contributed by atoms with van der Waals surface area (Å²) in [5, 5.41) is 34.0. The van der Waals surface area contributed by atoms with Crippen LogP contribution in [-0.2, 0) is 11.0 Å². The van der Waals surface area contributed by atoms with Gasteiger partial charge in [0.1, 0.15) is 16.8 Å². The Kier molecular flexibility index (Phi) is 6.80. The molecule has 2 aromatic heterocycles. The van der Waals surface area contributed by atoms with Crippen molar-refractivity contribution in [2.24, 2.45) is 5.92 Å². The first-order valence-corrected chi connectivity index (χ1v) is 11.6. The average molecular weight is 509 g/mol. The van der Waals surface area contributed by atoms with E-state index in [1.165, 1.54) is 11.3 Å². The molecule has 4 rings (SSSR count). The quantitative estimate of drug-likeness (QED) is 0.377. The van der Waals surface area contributed by atoms with Crippen LogP contribution in [0.3, 0.4) is 0 Å². The van der Waals surface area contributed by atoms with Crippen molar-refractivity contribution in [2.75, 3.05) is 5.32 Å². The number of aliphatic carboxylic acids is 1. The molecule has 2 heterocycles. The molecular formula is C23H23F3N4O4S. The predicted octanol–water partition coefficient (Wildman–Crippen LogP) is 4.71. The number of aryl methyl sites for hydroxylation is 1. The molecule has 1 aromatic carbocycles. The Balaban J connectivity index is 1.53. The molecule has 0 saturated heterocycles. The lowest BCUT2D eigenvalue weighted by Crippen LogP contribution is -2.41.